The van der Waals surface area contributed by atoms with E-state index in [9.17, 15) is 23.0 Å². The highest BCUT2D eigenvalue weighted by molar-refractivity contribution is 7.90. The Kier molecular flexibility index (Phi) is 6.61. The molecule has 0 bridgehead atoms. The number of halogens is 2. The van der Waals surface area contributed by atoms with Gasteiger partial charge in [-0.05, 0) is 61.7 Å². The fourth-order valence-corrected chi connectivity index (χ4v) is 7.06. The second-order valence-corrected chi connectivity index (χ2v) is 12.5. The van der Waals surface area contributed by atoms with Gasteiger partial charge in [-0.25, -0.2) is 17.5 Å². The fraction of sp³-hybridized carbons (Fsp3) is 0.280. The van der Waals surface area contributed by atoms with Crippen LogP contribution in [0, 0.1) is 5.82 Å². The molecule has 3 aromatic heterocycles. The molecule has 1 saturated carbocycles. The second-order valence-electron chi connectivity index (χ2n) is 9.01. The van der Waals surface area contributed by atoms with Gasteiger partial charge in [0.15, 0.2) is 0 Å². The molecule has 0 aliphatic heterocycles. The van der Waals surface area contributed by atoms with Crippen molar-refractivity contribution in [1.82, 2.24) is 14.7 Å². The zero-order valence-electron chi connectivity index (χ0n) is 19.1. The standard InChI is InChI=1S/C25H23ClFN3O4S2/c1-25(32,13-31)14-7-9-28-19(11-14)16-8-10-29-20-12-21(35-24(16)20)23(30-36(33,34)15-5-6-15)22-17(26)3-2-4-18(22)27/h2-4,7-12,15,23,30-32H,5-6,13H2,1H3/t23?,25-/m0/s1. The molecule has 4 aromatic rings. The Balaban J connectivity index is 1.65. The predicted octanol–water partition coefficient (Wildman–Crippen LogP) is 4.52. The Hall–Kier alpha value is -2.47. The number of aliphatic hydroxyl groups is 2. The maximum absolute atomic E-state index is 15.0. The highest BCUT2D eigenvalue weighted by Gasteiger charge is 2.39. The summed E-state index contributed by atoms with van der Waals surface area (Å²) in [6.45, 7) is 1.05. The van der Waals surface area contributed by atoms with E-state index in [0.29, 0.717) is 44.8 Å². The number of fused-ring (bicyclic) bond motifs is 1. The molecule has 1 unspecified atom stereocenters. The van der Waals surface area contributed by atoms with Crippen molar-refractivity contribution in [2.24, 2.45) is 0 Å². The average Bonchev–Trinajstić information content (AvgIpc) is 3.63. The van der Waals surface area contributed by atoms with Crippen LogP contribution >= 0.6 is 22.9 Å². The number of nitrogens with zero attached hydrogens (tertiary/aromatic N) is 2. The van der Waals surface area contributed by atoms with Crippen molar-refractivity contribution in [3.05, 3.63) is 81.7 Å². The topological polar surface area (TPSA) is 112 Å². The maximum atomic E-state index is 15.0. The van der Waals surface area contributed by atoms with Crippen LogP contribution in [0.5, 0.6) is 0 Å². The van der Waals surface area contributed by atoms with Crippen LogP contribution in [0.15, 0.2) is 54.9 Å². The number of nitrogens with one attached hydrogen (secondary N) is 1. The van der Waals surface area contributed by atoms with E-state index in [0.717, 1.165) is 0 Å². The Bertz CT molecular complexity index is 1530. The zero-order valence-corrected chi connectivity index (χ0v) is 21.5. The van der Waals surface area contributed by atoms with E-state index in [1.165, 1.54) is 36.5 Å². The van der Waals surface area contributed by atoms with Crippen molar-refractivity contribution < 1.29 is 23.0 Å². The van der Waals surface area contributed by atoms with Gasteiger partial charge in [0.25, 0.3) is 0 Å². The van der Waals surface area contributed by atoms with Crippen molar-refractivity contribution >= 4 is 43.2 Å². The summed E-state index contributed by atoms with van der Waals surface area (Å²) in [5, 5.41) is 19.7. The van der Waals surface area contributed by atoms with Crippen LogP contribution in [0.1, 0.15) is 41.8 Å². The molecular weight excluding hydrogens is 525 g/mol. The smallest absolute Gasteiger partial charge is 0.215 e. The van der Waals surface area contributed by atoms with Crippen molar-refractivity contribution in [2.45, 2.75) is 36.7 Å². The number of hydrogen-bond donors (Lipinski definition) is 3. The summed E-state index contributed by atoms with van der Waals surface area (Å²) in [6.07, 6.45) is 4.27. The molecular formula is C25H23ClFN3O4S2. The molecule has 3 heterocycles. The monoisotopic (exact) mass is 547 g/mol. The molecule has 2 atom stereocenters. The number of hydrogen-bond acceptors (Lipinski definition) is 7. The number of aromatic nitrogens is 2. The molecule has 1 fully saturated rings. The SMILES string of the molecule is C[C@](O)(CO)c1ccnc(-c2ccnc3cc(C(NS(=O)(=O)C4CC4)c4c(F)cccc4Cl)sc23)c1. The van der Waals surface area contributed by atoms with Crippen molar-refractivity contribution in [3.8, 4) is 11.3 Å². The number of thiophene rings is 1. The van der Waals surface area contributed by atoms with Crippen LogP contribution in [0.4, 0.5) is 4.39 Å². The molecule has 0 saturated heterocycles. The lowest BCUT2D eigenvalue weighted by Crippen LogP contribution is -2.32. The van der Waals surface area contributed by atoms with E-state index in [1.54, 1.807) is 36.7 Å². The summed E-state index contributed by atoms with van der Waals surface area (Å²) >= 11 is 7.62. The van der Waals surface area contributed by atoms with Gasteiger partial charge in [0.05, 0.1) is 33.8 Å². The number of benzene rings is 1. The van der Waals surface area contributed by atoms with Gasteiger partial charge in [-0.2, -0.15) is 0 Å². The van der Waals surface area contributed by atoms with Gasteiger partial charge in [0.2, 0.25) is 10.0 Å². The normalized spacial score (nSPS) is 16.7. The van der Waals surface area contributed by atoms with Gasteiger partial charge in [-0.1, -0.05) is 17.7 Å². The number of aliphatic hydroxyl groups excluding tert-OH is 1. The summed E-state index contributed by atoms with van der Waals surface area (Å²) in [5.41, 5.74) is 0.923. The molecule has 0 spiro atoms. The van der Waals surface area contributed by atoms with Gasteiger partial charge in [0.1, 0.15) is 11.4 Å². The van der Waals surface area contributed by atoms with E-state index in [-0.39, 0.29) is 10.6 Å². The summed E-state index contributed by atoms with van der Waals surface area (Å²) in [6, 6.07) is 10.0. The average molecular weight is 548 g/mol. The zero-order chi connectivity index (χ0) is 25.7. The predicted molar refractivity (Wildman–Crippen MR) is 138 cm³/mol. The van der Waals surface area contributed by atoms with E-state index in [2.05, 4.69) is 14.7 Å². The van der Waals surface area contributed by atoms with E-state index in [4.69, 9.17) is 11.6 Å². The molecule has 0 radical (unpaired) electrons. The molecule has 0 amide bonds. The number of pyridine rings is 2. The van der Waals surface area contributed by atoms with Gasteiger partial charge in [-0.15, -0.1) is 11.3 Å². The molecule has 188 valence electrons. The van der Waals surface area contributed by atoms with Crippen LogP contribution in [-0.4, -0.2) is 40.5 Å². The Labute approximate surface area is 216 Å². The lowest BCUT2D eigenvalue weighted by atomic mass is 9.96. The summed E-state index contributed by atoms with van der Waals surface area (Å²) in [7, 11) is -3.69. The quantitative estimate of drug-likeness (QED) is 0.299. The Morgan fingerprint density at radius 1 is 1.22 bits per heavy atom. The highest BCUT2D eigenvalue weighted by Crippen LogP contribution is 2.41. The minimum atomic E-state index is -3.69. The molecule has 5 rings (SSSR count). The molecule has 36 heavy (non-hydrogen) atoms. The van der Waals surface area contributed by atoms with Gasteiger partial charge < -0.3 is 10.2 Å². The van der Waals surface area contributed by atoms with E-state index in [1.807, 2.05) is 0 Å². The van der Waals surface area contributed by atoms with Crippen LogP contribution < -0.4 is 4.72 Å². The first-order valence-corrected chi connectivity index (χ1v) is 14.0. The van der Waals surface area contributed by atoms with Crippen LogP contribution in [0.3, 0.4) is 0 Å². The number of sulfonamides is 1. The fourth-order valence-electron chi connectivity index (χ4n) is 3.99. The first-order chi connectivity index (χ1) is 17.1. The van der Waals surface area contributed by atoms with E-state index < -0.39 is 39.3 Å². The summed E-state index contributed by atoms with van der Waals surface area (Å²) < 4.78 is 44.2. The molecule has 7 nitrogen and oxygen atoms in total. The van der Waals surface area contributed by atoms with Crippen molar-refractivity contribution in [3.63, 3.8) is 0 Å². The lowest BCUT2D eigenvalue weighted by molar-refractivity contribution is -0.00230. The third-order valence-electron chi connectivity index (χ3n) is 6.21. The van der Waals surface area contributed by atoms with Crippen molar-refractivity contribution in [2.75, 3.05) is 6.61 Å². The Morgan fingerprint density at radius 2 is 1.97 bits per heavy atom. The molecule has 11 heteroatoms. The Morgan fingerprint density at radius 3 is 2.67 bits per heavy atom. The van der Waals surface area contributed by atoms with Gasteiger partial charge in [0, 0.05) is 33.4 Å². The third-order valence-corrected chi connectivity index (χ3v) is 9.68. The number of rotatable bonds is 8. The maximum Gasteiger partial charge on any atom is 0.215 e. The second kappa shape index (κ2) is 9.44. The van der Waals surface area contributed by atoms with Gasteiger partial charge in [-0.3, -0.25) is 9.97 Å². The van der Waals surface area contributed by atoms with Crippen molar-refractivity contribution in [1.29, 1.82) is 0 Å². The van der Waals surface area contributed by atoms with Gasteiger partial charge >= 0.3 is 0 Å². The van der Waals surface area contributed by atoms with Crippen LogP contribution in [0.25, 0.3) is 21.5 Å². The highest BCUT2D eigenvalue weighted by atomic mass is 35.5. The molecule has 1 aromatic carbocycles. The summed E-state index contributed by atoms with van der Waals surface area (Å²) in [4.78, 5) is 9.39. The van der Waals surface area contributed by atoms with Crippen LogP contribution in [-0.2, 0) is 15.6 Å². The third kappa shape index (κ3) is 4.77. The lowest BCUT2D eigenvalue weighted by Gasteiger charge is -2.21. The summed E-state index contributed by atoms with van der Waals surface area (Å²) in [5.74, 6) is -0.614. The minimum Gasteiger partial charge on any atom is -0.393 e. The minimum absolute atomic E-state index is 0.0515. The molecule has 3 N–H and O–H groups in total. The largest absolute Gasteiger partial charge is 0.393 e. The molecule has 1 aliphatic carbocycles. The first-order valence-electron chi connectivity index (χ1n) is 11.2. The van der Waals surface area contributed by atoms with E-state index >= 15 is 0 Å². The first kappa shape index (κ1) is 25.2. The van der Waals surface area contributed by atoms with Crippen LogP contribution in [0.2, 0.25) is 5.02 Å². The molecule has 1 aliphatic rings.